The number of H-pyrrole nitrogens is 1. The van der Waals surface area contributed by atoms with Crippen molar-refractivity contribution in [2.24, 2.45) is 0 Å². The fourth-order valence-corrected chi connectivity index (χ4v) is 5.56. The number of carbonyl (C=O) groups excluding carboxylic acids is 4. The van der Waals surface area contributed by atoms with E-state index < -0.39 is 29.9 Å². The molecule has 0 radical (unpaired) electrons. The number of nitrogens with one attached hydrogen (secondary N) is 6. The van der Waals surface area contributed by atoms with Gasteiger partial charge in [-0.25, -0.2) is 4.98 Å². The van der Waals surface area contributed by atoms with Crippen molar-refractivity contribution >= 4 is 57.5 Å². The van der Waals surface area contributed by atoms with Crippen molar-refractivity contribution in [2.45, 2.75) is 72.0 Å². The van der Waals surface area contributed by atoms with E-state index in [0.29, 0.717) is 51.0 Å². The normalized spacial score (nSPS) is 17.8. The number of aromatic nitrogens is 3. The minimum atomic E-state index is -0.847. The molecule has 280 valence electrons. The number of aryl methyl sites for hydroxylation is 2. The molecule has 1 aliphatic heterocycles. The number of carboxylic acid groups (broad SMARTS) is 2. The number of hydrogen-bond donors (Lipinski definition) is 8. The molecule has 0 saturated carbocycles. The van der Waals surface area contributed by atoms with E-state index in [1.54, 1.807) is 6.07 Å². The van der Waals surface area contributed by atoms with Crippen LogP contribution >= 0.6 is 0 Å². The highest BCUT2D eigenvalue weighted by Crippen LogP contribution is 2.20. The van der Waals surface area contributed by atoms with E-state index in [1.807, 2.05) is 61.0 Å². The van der Waals surface area contributed by atoms with Crippen molar-refractivity contribution in [1.82, 2.24) is 41.1 Å². The molecule has 2 atom stereocenters. The Kier molecular flexibility index (Phi) is 15.8. The Bertz CT molecular complexity index is 1850. The minimum absolute atomic E-state index is 0.0248. The van der Waals surface area contributed by atoms with Crippen LogP contribution < -0.4 is 26.6 Å². The SMILES string of the molecule is CC(=O)O.CC(=O)O.CC[C@@H]1NC(=O)CNCCCNC(=O)c2ccc3nc(C)n(c3c2)CCCNC(=O)[C@@H](Cc2c[nH]c3ccccc23)NC1=O. The summed E-state index contributed by atoms with van der Waals surface area (Å²) in [5.41, 5.74) is 4.05. The summed E-state index contributed by atoms with van der Waals surface area (Å²) in [6.45, 7) is 7.84. The minimum Gasteiger partial charge on any atom is -0.481 e. The first-order valence-electron chi connectivity index (χ1n) is 17.1. The number of aliphatic carboxylic acids is 2. The smallest absolute Gasteiger partial charge is 0.300 e. The number of hydrogen-bond acceptors (Lipinski definition) is 8. The Morgan fingerprint density at radius 1 is 0.885 bits per heavy atom. The molecule has 4 amide bonds. The summed E-state index contributed by atoms with van der Waals surface area (Å²) in [4.78, 5) is 78.1. The molecule has 16 nitrogen and oxygen atoms in total. The van der Waals surface area contributed by atoms with Crippen LogP contribution in [0.1, 0.15) is 61.8 Å². The van der Waals surface area contributed by atoms with E-state index in [1.165, 1.54) is 0 Å². The standard InChI is InChI=1S/C32H40N8O4.2C2H4O2/c1-3-24-32(44)39-27(16-22-18-36-25-9-5-4-8-23(22)25)31(43)35-14-7-15-40-20(2)37-26-11-10-21(17-28(26)40)30(42)34-13-6-12-33-19-29(41)38-24;2*1-2(3)4/h4-5,8-11,17-18,24,27,33,36H,3,6-7,12-16,19H2,1-2H3,(H,34,42)(H,35,43)(H,38,41)(H,39,44);2*1H3,(H,3,4)/t24-,27+;;/m0../s1. The Morgan fingerprint density at radius 3 is 2.29 bits per heavy atom. The summed E-state index contributed by atoms with van der Waals surface area (Å²) in [7, 11) is 0. The lowest BCUT2D eigenvalue weighted by Gasteiger charge is -2.23. The summed E-state index contributed by atoms with van der Waals surface area (Å²) in [5.74, 6) is -2.07. The van der Waals surface area contributed by atoms with E-state index in [-0.39, 0.29) is 30.7 Å². The molecule has 8 N–H and O–H groups in total. The second kappa shape index (κ2) is 20.2. The molecule has 4 aromatic rings. The lowest BCUT2D eigenvalue weighted by molar-refractivity contribution is -0.135. The van der Waals surface area contributed by atoms with E-state index >= 15 is 0 Å². The maximum atomic E-state index is 13.5. The van der Waals surface area contributed by atoms with Gasteiger partial charge in [-0.15, -0.1) is 0 Å². The zero-order chi connectivity index (χ0) is 38.2. The molecule has 2 aromatic carbocycles. The zero-order valence-electron chi connectivity index (χ0n) is 29.9. The van der Waals surface area contributed by atoms with Gasteiger partial charge in [0.25, 0.3) is 17.8 Å². The van der Waals surface area contributed by atoms with Crippen molar-refractivity contribution in [3.8, 4) is 0 Å². The van der Waals surface area contributed by atoms with Gasteiger partial charge < -0.3 is 46.3 Å². The second-order valence-electron chi connectivity index (χ2n) is 12.1. The molecule has 3 heterocycles. The van der Waals surface area contributed by atoms with Gasteiger partial charge in [0.05, 0.1) is 17.6 Å². The van der Waals surface area contributed by atoms with Crippen LogP contribution in [0.25, 0.3) is 21.9 Å². The summed E-state index contributed by atoms with van der Waals surface area (Å²) < 4.78 is 2.05. The van der Waals surface area contributed by atoms with Crippen molar-refractivity contribution in [1.29, 1.82) is 0 Å². The van der Waals surface area contributed by atoms with Crippen molar-refractivity contribution in [3.63, 3.8) is 0 Å². The number of nitrogens with zero attached hydrogens (tertiary/aromatic N) is 2. The lowest BCUT2D eigenvalue weighted by atomic mass is 10.0. The molecule has 2 aromatic heterocycles. The van der Waals surface area contributed by atoms with Crippen LogP contribution in [0.4, 0.5) is 0 Å². The first kappa shape index (κ1) is 40.7. The van der Waals surface area contributed by atoms with E-state index in [0.717, 1.165) is 47.2 Å². The molecular weight excluding hydrogens is 672 g/mol. The van der Waals surface area contributed by atoms with Gasteiger partial charge in [-0.3, -0.25) is 28.8 Å². The van der Waals surface area contributed by atoms with Crippen molar-refractivity contribution in [2.75, 3.05) is 26.2 Å². The first-order chi connectivity index (χ1) is 24.8. The fraction of sp³-hybridized carbons (Fsp3) is 0.417. The summed E-state index contributed by atoms with van der Waals surface area (Å²) in [5, 5.41) is 30.5. The van der Waals surface area contributed by atoms with Gasteiger partial charge >= 0.3 is 0 Å². The molecule has 16 heteroatoms. The molecule has 0 aliphatic carbocycles. The van der Waals surface area contributed by atoms with Gasteiger partial charge in [0.2, 0.25) is 17.7 Å². The molecule has 0 unspecified atom stereocenters. The van der Waals surface area contributed by atoms with Crippen molar-refractivity contribution in [3.05, 3.63) is 65.6 Å². The summed E-state index contributed by atoms with van der Waals surface area (Å²) in [6, 6.07) is 11.6. The van der Waals surface area contributed by atoms with Gasteiger partial charge in [-0.2, -0.15) is 0 Å². The molecule has 0 fully saturated rings. The highest BCUT2D eigenvalue weighted by molar-refractivity contribution is 5.97. The lowest BCUT2D eigenvalue weighted by Crippen LogP contribution is -2.55. The quantitative estimate of drug-likeness (QED) is 0.153. The van der Waals surface area contributed by atoms with E-state index in [4.69, 9.17) is 19.8 Å². The zero-order valence-corrected chi connectivity index (χ0v) is 29.9. The average molecular weight is 721 g/mol. The topological polar surface area (TPSA) is 237 Å². The number of para-hydroxylation sites is 1. The monoisotopic (exact) mass is 720 g/mol. The van der Waals surface area contributed by atoms with Crippen LogP contribution in [0.15, 0.2) is 48.7 Å². The number of carbonyl (C=O) groups is 6. The molecule has 5 rings (SSSR count). The second-order valence-corrected chi connectivity index (χ2v) is 12.1. The molecule has 1 aliphatic rings. The van der Waals surface area contributed by atoms with Gasteiger partial charge in [0.1, 0.15) is 17.9 Å². The van der Waals surface area contributed by atoms with Gasteiger partial charge in [-0.1, -0.05) is 25.1 Å². The van der Waals surface area contributed by atoms with Crippen LogP contribution in [0.2, 0.25) is 0 Å². The average Bonchev–Trinajstić information content (AvgIpc) is 3.64. The van der Waals surface area contributed by atoms with Crippen LogP contribution in [0, 0.1) is 6.92 Å². The van der Waals surface area contributed by atoms with Crippen LogP contribution in [0.5, 0.6) is 0 Å². The van der Waals surface area contributed by atoms with Crippen LogP contribution in [-0.2, 0) is 36.9 Å². The van der Waals surface area contributed by atoms with Crippen LogP contribution in [-0.4, -0.2) is 98.6 Å². The molecule has 2 bridgehead atoms. The molecule has 52 heavy (non-hydrogen) atoms. The maximum Gasteiger partial charge on any atom is 0.300 e. The number of rotatable bonds is 3. The number of amides is 4. The fourth-order valence-electron chi connectivity index (χ4n) is 5.56. The Morgan fingerprint density at radius 2 is 1.58 bits per heavy atom. The number of benzene rings is 2. The Balaban J connectivity index is 0.000000827. The number of carboxylic acids is 2. The van der Waals surface area contributed by atoms with Gasteiger partial charge in [-0.05, 0) is 62.6 Å². The molecular formula is C36H48N8O8. The Hall–Kier alpha value is -5.77. The largest absolute Gasteiger partial charge is 0.481 e. The predicted molar refractivity (Wildman–Crippen MR) is 195 cm³/mol. The summed E-state index contributed by atoms with van der Waals surface area (Å²) in [6.07, 6.45) is 3.75. The third kappa shape index (κ3) is 12.5. The highest BCUT2D eigenvalue weighted by atomic mass is 16.4. The predicted octanol–water partition coefficient (Wildman–Crippen LogP) is 1.86. The third-order valence-electron chi connectivity index (χ3n) is 7.95. The van der Waals surface area contributed by atoms with E-state index in [2.05, 4.69) is 36.6 Å². The number of fused-ring (bicyclic) bond motifs is 2. The van der Waals surface area contributed by atoms with E-state index in [9.17, 15) is 19.2 Å². The highest BCUT2D eigenvalue weighted by Gasteiger charge is 2.27. The van der Waals surface area contributed by atoms with Gasteiger partial charge in [0, 0.05) is 62.6 Å². The first-order valence-corrected chi connectivity index (χ1v) is 17.1. The number of aromatic amines is 1. The third-order valence-corrected chi connectivity index (χ3v) is 7.95. The maximum absolute atomic E-state index is 13.5. The van der Waals surface area contributed by atoms with Crippen LogP contribution in [0.3, 0.4) is 0 Å². The number of imidazole rings is 1. The van der Waals surface area contributed by atoms with Crippen molar-refractivity contribution < 1.29 is 39.0 Å². The Labute approximate surface area is 301 Å². The molecule has 0 saturated heterocycles. The molecule has 0 spiro atoms. The summed E-state index contributed by atoms with van der Waals surface area (Å²) >= 11 is 0. The van der Waals surface area contributed by atoms with Gasteiger partial charge in [0.15, 0.2) is 0 Å².